The van der Waals surface area contributed by atoms with Crippen LogP contribution in [0.2, 0.25) is 0 Å². The standard InChI is InChI=1S/C21H26O2/c1-21(2)11-5-8-20(21)19-12-15(14-22)9-10-18(19)16-6-4-7-17(13-16)23-3/h4,6-7,9-10,12-13,20,22H,5,8,11,14H2,1-3H3/t20-/m1/s1. The highest BCUT2D eigenvalue weighted by atomic mass is 16.5. The van der Waals surface area contributed by atoms with Gasteiger partial charge in [0.25, 0.3) is 0 Å². The lowest BCUT2D eigenvalue weighted by atomic mass is 9.75. The van der Waals surface area contributed by atoms with E-state index in [0.717, 1.165) is 11.3 Å². The summed E-state index contributed by atoms with van der Waals surface area (Å²) in [6.45, 7) is 4.83. The van der Waals surface area contributed by atoms with Crippen molar-refractivity contribution in [2.75, 3.05) is 7.11 Å². The van der Waals surface area contributed by atoms with Crippen LogP contribution in [0, 0.1) is 5.41 Å². The molecule has 0 spiro atoms. The summed E-state index contributed by atoms with van der Waals surface area (Å²) in [4.78, 5) is 0. The lowest BCUT2D eigenvalue weighted by Crippen LogP contribution is -2.16. The summed E-state index contributed by atoms with van der Waals surface area (Å²) in [5.41, 5.74) is 5.12. The minimum absolute atomic E-state index is 0.0958. The van der Waals surface area contributed by atoms with E-state index >= 15 is 0 Å². The summed E-state index contributed by atoms with van der Waals surface area (Å²) in [5.74, 6) is 1.42. The van der Waals surface area contributed by atoms with Gasteiger partial charge in [0.15, 0.2) is 0 Å². The van der Waals surface area contributed by atoms with Crippen LogP contribution in [-0.4, -0.2) is 12.2 Å². The SMILES string of the molecule is COc1cccc(-c2ccc(CO)cc2[C@H]2CCCC2(C)C)c1. The molecule has 0 radical (unpaired) electrons. The molecule has 1 aliphatic rings. The van der Waals surface area contributed by atoms with Crippen LogP contribution in [0.15, 0.2) is 42.5 Å². The quantitative estimate of drug-likeness (QED) is 0.846. The Hall–Kier alpha value is -1.80. The fourth-order valence-electron chi connectivity index (χ4n) is 3.96. The summed E-state index contributed by atoms with van der Waals surface area (Å²) < 4.78 is 5.39. The molecular weight excluding hydrogens is 284 g/mol. The Balaban J connectivity index is 2.13. The zero-order valence-corrected chi connectivity index (χ0v) is 14.3. The lowest BCUT2D eigenvalue weighted by molar-refractivity contribution is 0.281. The van der Waals surface area contributed by atoms with E-state index in [1.165, 1.54) is 36.0 Å². The second-order valence-electron chi connectivity index (χ2n) is 7.25. The molecule has 0 unspecified atom stereocenters. The smallest absolute Gasteiger partial charge is 0.119 e. The van der Waals surface area contributed by atoms with Gasteiger partial charge in [-0.3, -0.25) is 0 Å². The van der Waals surface area contributed by atoms with Crippen molar-refractivity contribution >= 4 is 0 Å². The van der Waals surface area contributed by atoms with Crippen molar-refractivity contribution in [3.63, 3.8) is 0 Å². The fourth-order valence-corrected chi connectivity index (χ4v) is 3.96. The van der Waals surface area contributed by atoms with Crippen LogP contribution >= 0.6 is 0 Å². The number of rotatable bonds is 4. The average Bonchev–Trinajstić information content (AvgIpc) is 2.93. The molecule has 1 N–H and O–H groups in total. The highest BCUT2D eigenvalue weighted by Gasteiger charge is 2.36. The van der Waals surface area contributed by atoms with Crippen LogP contribution in [0.3, 0.4) is 0 Å². The summed E-state index contributed by atoms with van der Waals surface area (Å²) in [5, 5.41) is 9.56. The Kier molecular flexibility index (Phi) is 4.45. The van der Waals surface area contributed by atoms with Gasteiger partial charge in [0, 0.05) is 0 Å². The normalized spacial score (nSPS) is 19.7. The van der Waals surface area contributed by atoms with Crippen molar-refractivity contribution in [3.05, 3.63) is 53.6 Å². The number of hydrogen-bond acceptors (Lipinski definition) is 2. The highest BCUT2D eigenvalue weighted by molar-refractivity contribution is 5.70. The van der Waals surface area contributed by atoms with Crippen LogP contribution in [0.25, 0.3) is 11.1 Å². The number of aliphatic hydroxyl groups excluding tert-OH is 1. The number of benzene rings is 2. The first-order valence-corrected chi connectivity index (χ1v) is 8.43. The van der Waals surface area contributed by atoms with Crippen LogP contribution in [0.1, 0.15) is 50.2 Å². The molecule has 1 saturated carbocycles. The van der Waals surface area contributed by atoms with E-state index in [2.05, 4.69) is 38.1 Å². The Bertz CT molecular complexity index is 688. The van der Waals surface area contributed by atoms with Gasteiger partial charge in [0.1, 0.15) is 5.75 Å². The van der Waals surface area contributed by atoms with Gasteiger partial charge in [-0.1, -0.05) is 50.6 Å². The fraction of sp³-hybridized carbons (Fsp3) is 0.429. The van der Waals surface area contributed by atoms with Crippen LogP contribution in [-0.2, 0) is 6.61 Å². The Labute approximate surface area is 139 Å². The zero-order chi connectivity index (χ0) is 16.4. The van der Waals surface area contributed by atoms with Gasteiger partial charge in [-0.2, -0.15) is 0 Å². The third-order valence-electron chi connectivity index (χ3n) is 5.31. The number of hydrogen-bond donors (Lipinski definition) is 1. The zero-order valence-electron chi connectivity index (χ0n) is 14.3. The third kappa shape index (κ3) is 3.13. The molecular formula is C21H26O2. The maximum Gasteiger partial charge on any atom is 0.119 e. The average molecular weight is 310 g/mol. The predicted octanol–water partition coefficient (Wildman–Crippen LogP) is 5.15. The summed E-state index contributed by atoms with van der Waals surface area (Å²) >= 11 is 0. The molecule has 1 atom stereocenters. The van der Waals surface area contributed by atoms with Gasteiger partial charge >= 0.3 is 0 Å². The van der Waals surface area contributed by atoms with Crippen molar-refractivity contribution < 1.29 is 9.84 Å². The van der Waals surface area contributed by atoms with E-state index in [0.29, 0.717) is 11.3 Å². The van der Waals surface area contributed by atoms with Gasteiger partial charge in [0.05, 0.1) is 13.7 Å². The van der Waals surface area contributed by atoms with Crippen molar-refractivity contribution in [1.82, 2.24) is 0 Å². The number of ether oxygens (including phenoxy) is 1. The summed E-state index contributed by atoms with van der Waals surface area (Å²) in [7, 11) is 1.70. The van der Waals surface area contributed by atoms with Crippen LogP contribution in [0.5, 0.6) is 5.75 Å². The highest BCUT2D eigenvalue weighted by Crippen LogP contribution is 2.51. The molecule has 2 aromatic rings. The van der Waals surface area contributed by atoms with E-state index < -0.39 is 0 Å². The molecule has 23 heavy (non-hydrogen) atoms. The first kappa shape index (κ1) is 16.1. The van der Waals surface area contributed by atoms with Gasteiger partial charge in [0.2, 0.25) is 0 Å². The van der Waals surface area contributed by atoms with Gasteiger partial charge < -0.3 is 9.84 Å². The molecule has 0 bridgehead atoms. The third-order valence-corrected chi connectivity index (χ3v) is 5.31. The van der Waals surface area contributed by atoms with E-state index in [1.54, 1.807) is 7.11 Å². The van der Waals surface area contributed by atoms with Crippen molar-refractivity contribution in [3.8, 4) is 16.9 Å². The number of methoxy groups -OCH3 is 1. The van der Waals surface area contributed by atoms with Gasteiger partial charge in [-0.25, -0.2) is 0 Å². The number of aliphatic hydroxyl groups is 1. The summed E-state index contributed by atoms with van der Waals surface area (Å²) in [6.07, 6.45) is 3.76. The largest absolute Gasteiger partial charge is 0.497 e. The molecule has 0 heterocycles. The van der Waals surface area contributed by atoms with Crippen molar-refractivity contribution in [2.24, 2.45) is 5.41 Å². The van der Waals surface area contributed by atoms with Crippen LogP contribution in [0.4, 0.5) is 0 Å². The Morgan fingerprint density at radius 2 is 2.00 bits per heavy atom. The second kappa shape index (κ2) is 6.37. The molecule has 2 nitrogen and oxygen atoms in total. The first-order chi connectivity index (χ1) is 11.0. The Morgan fingerprint density at radius 3 is 2.65 bits per heavy atom. The topological polar surface area (TPSA) is 29.5 Å². The van der Waals surface area contributed by atoms with Gasteiger partial charge in [-0.15, -0.1) is 0 Å². The molecule has 1 aliphatic carbocycles. The van der Waals surface area contributed by atoms with E-state index in [4.69, 9.17) is 4.74 Å². The minimum Gasteiger partial charge on any atom is -0.497 e. The summed E-state index contributed by atoms with van der Waals surface area (Å²) in [6, 6.07) is 14.6. The van der Waals surface area contributed by atoms with Crippen molar-refractivity contribution in [1.29, 1.82) is 0 Å². The predicted molar refractivity (Wildman–Crippen MR) is 94.7 cm³/mol. The lowest BCUT2D eigenvalue weighted by Gasteiger charge is -2.29. The molecule has 0 amide bonds. The van der Waals surface area contributed by atoms with Gasteiger partial charge in [-0.05, 0) is 58.6 Å². The molecule has 122 valence electrons. The molecule has 3 rings (SSSR count). The maximum atomic E-state index is 9.56. The minimum atomic E-state index is 0.0958. The molecule has 0 aliphatic heterocycles. The van der Waals surface area contributed by atoms with Crippen LogP contribution < -0.4 is 4.74 Å². The molecule has 2 aromatic carbocycles. The second-order valence-corrected chi connectivity index (χ2v) is 7.25. The molecule has 2 heteroatoms. The first-order valence-electron chi connectivity index (χ1n) is 8.43. The van der Waals surface area contributed by atoms with Crippen molar-refractivity contribution in [2.45, 2.75) is 45.6 Å². The maximum absolute atomic E-state index is 9.56. The van der Waals surface area contributed by atoms with E-state index in [1.807, 2.05) is 18.2 Å². The van der Waals surface area contributed by atoms with E-state index in [9.17, 15) is 5.11 Å². The Morgan fingerprint density at radius 1 is 1.17 bits per heavy atom. The van der Waals surface area contributed by atoms with E-state index in [-0.39, 0.29) is 6.61 Å². The molecule has 0 saturated heterocycles. The molecule has 0 aromatic heterocycles. The monoisotopic (exact) mass is 310 g/mol. The molecule has 1 fully saturated rings.